The quantitative estimate of drug-likeness (QED) is 0.170. The smallest absolute Gasteiger partial charge is 0.146 e. The van der Waals surface area contributed by atoms with Crippen molar-refractivity contribution in [2.75, 3.05) is 0 Å². The van der Waals surface area contributed by atoms with E-state index in [-0.39, 0.29) is 5.92 Å². The summed E-state index contributed by atoms with van der Waals surface area (Å²) in [5.74, 6) is 2.06. The Morgan fingerprint density at radius 3 is 2.11 bits per heavy atom. The Kier molecular flexibility index (Phi) is 5.82. The number of hydrogen-bond acceptors (Lipinski definition) is 2. The van der Waals surface area contributed by atoms with E-state index in [4.69, 9.17) is 9.72 Å². The first-order valence-electron chi connectivity index (χ1n) is 18.5. The van der Waals surface area contributed by atoms with Crippen molar-refractivity contribution in [3.8, 4) is 22.6 Å². The van der Waals surface area contributed by atoms with Crippen LogP contribution in [0, 0.1) is 0 Å². The summed E-state index contributed by atoms with van der Waals surface area (Å²) in [7, 11) is 0. The summed E-state index contributed by atoms with van der Waals surface area (Å²) in [6.07, 6.45) is 8.03. The number of aromatic nitrogens is 2. The zero-order valence-electron chi connectivity index (χ0n) is 28.8. The molecule has 7 aromatic carbocycles. The molecular weight excluding hydrogens is 645 g/mol. The highest BCUT2D eigenvalue weighted by Crippen LogP contribution is 2.62. The van der Waals surface area contributed by atoms with Gasteiger partial charge in [-0.15, -0.1) is 0 Å². The molecule has 1 unspecified atom stereocenters. The van der Waals surface area contributed by atoms with Crippen LogP contribution in [0.3, 0.4) is 0 Å². The SMILES string of the molecule is C1=CC(c2ccc3c4ccccc4n4c5ccccc5nc4c3c2)=CC(c2ccc3c(c2)C2(c4ccccc4O3)c3ccccc3-c3ccccc32)C1. The van der Waals surface area contributed by atoms with Gasteiger partial charge in [0.25, 0.3) is 0 Å². The molecule has 3 heterocycles. The van der Waals surface area contributed by atoms with E-state index < -0.39 is 5.41 Å². The Bertz CT molecular complexity index is 3040. The number of nitrogens with zero attached hydrogens (tertiary/aromatic N) is 2. The predicted octanol–water partition coefficient (Wildman–Crippen LogP) is 12.4. The summed E-state index contributed by atoms with van der Waals surface area (Å²) in [5.41, 5.74) is 15.2. The van der Waals surface area contributed by atoms with Crippen molar-refractivity contribution in [2.24, 2.45) is 0 Å². The molecule has 1 aliphatic heterocycles. The van der Waals surface area contributed by atoms with Crippen molar-refractivity contribution in [3.63, 3.8) is 0 Å². The van der Waals surface area contributed by atoms with E-state index in [0.717, 1.165) is 34.6 Å². The minimum absolute atomic E-state index is 0.211. The number of imidazole rings is 1. The number of ether oxygens (including phenoxy) is 1. The maximum absolute atomic E-state index is 6.72. The van der Waals surface area contributed by atoms with Crippen LogP contribution in [0.4, 0.5) is 0 Å². The van der Waals surface area contributed by atoms with E-state index in [1.807, 2.05) is 0 Å². The summed E-state index contributed by atoms with van der Waals surface area (Å²) >= 11 is 0. The lowest BCUT2D eigenvalue weighted by Crippen LogP contribution is -2.32. The number of benzene rings is 7. The third kappa shape index (κ3) is 3.86. The van der Waals surface area contributed by atoms with Crippen LogP contribution in [0.25, 0.3) is 55.1 Å². The molecule has 2 aromatic heterocycles. The fraction of sp³-hybridized carbons (Fsp3) is 0.0600. The van der Waals surface area contributed by atoms with Crippen LogP contribution in [0.2, 0.25) is 0 Å². The van der Waals surface area contributed by atoms with Gasteiger partial charge in [0, 0.05) is 27.8 Å². The molecule has 9 aromatic rings. The molecule has 0 fully saturated rings. The monoisotopic (exact) mass is 676 g/mol. The van der Waals surface area contributed by atoms with Crippen molar-refractivity contribution in [2.45, 2.75) is 17.8 Å². The molecule has 2 aliphatic carbocycles. The minimum Gasteiger partial charge on any atom is -0.457 e. The Balaban J connectivity index is 1.03. The van der Waals surface area contributed by atoms with Gasteiger partial charge in [-0.1, -0.05) is 133 Å². The zero-order chi connectivity index (χ0) is 34.7. The molecule has 53 heavy (non-hydrogen) atoms. The topological polar surface area (TPSA) is 26.5 Å². The number of rotatable bonds is 2. The minimum atomic E-state index is -0.468. The van der Waals surface area contributed by atoms with Crippen LogP contribution >= 0.6 is 0 Å². The van der Waals surface area contributed by atoms with E-state index in [2.05, 4.69) is 180 Å². The predicted molar refractivity (Wildman–Crippen MR) is 216 cm³/mol. The third-order valence-corrected chi connectivity index (χ3v) is 12.0. The normalized spacial score (nSPS) is 16.4. The second-order valence-electron chi connectivity index (χ2n) is 14.6. The highest BCUT2D eigenvalue weighted by molar-refractivity contribution is 6.14. The zero-order valence-corrected chi connectivity index (χ0v) is 28.8. The number of fused-ring (bicyclic) bond motifs is 17. The molecular formula is C50H32N2O. The Morgan fingerprint density at radius 2 is 1.26 bits per heavy atom. The fourth-order valence-electron chi connectivity index (χ4n) is 9.70. The van der Waals surface area contributed by atoms with Gasteiger partial charge in [-0.3, -0.25) is 4.40 Å². The van der Waals surface area contributed by atoms with Crippen LogP contribution in [-0.2, 0) is 5.41 Å². The van der Waals surface area contributed by atoms with E-state index in [0.29, 0.717) is 0 Å². The molecule has 3 heteroatoms. The first kappa shape index (κ1) is 28.9. The molecule has 0 saturated carbocycles. The number of pyridine rings is 1. The van der Waals surface area contributed by atoms with E-state index >= 15 is 0 Å². The standard InChI is InChI=1S/C50H32N2O/c1-4-17-40-36(14-1)37-15-2-5-18-41(37)50(40)42-19-6-10-23-47(42)53-48-27-25-34(30-43(48)50)32-13-11-12-31(28-32)33-24-26-35-38-16-3-8-21-45(38)52-46-22-9-7-20-44(46)51-49(52)39(35)29-33/h1-12,14-30,32H,13H2. The molecule has 0 N–H and O–H groups in total. The lowest BCUT2D eigenvalue weighted by atomic mass is 9.65. The molecule has 0 amide bonds. The van der Waals surface area contributed by atoms with Crippen molar-refractivity contribution in [1.29, 1.82) is 0 Å². The second-order valence-corrected chi connectivity index (χ2v) is 14.6. The van der Waals surface area contributed by atoms with E-state index in [9.17, 15) is 0 Å². The Hall–Kier alpha value is -6.71. The van der Waals surface area contributed by atoms with Crippen molar-refractivity contribution in [3.05, 3.63) is 209 Å². The molecule has 0 radical (unpaired) electrons. The highest BCUT2D eigenvalue weighted by Gasteiger charge is 2.51. The first-order valence-corrected chi connectivity index (χ1v) is 18.5. The van der Waals surface area contributed by atoms with Gasteiger partial charge < -0.3 is 4.74 Å². The largest absolute Gasteiger partial charge is 0.457 e. The molecule has 1 spiro atoms. The van der Waals surface area contributed by atoms with Gasteiger partial charge in [-0.05, 0) is 93.2 Å². The number of para-hydroxylation sites is 4. The van der Waals surface area contributed by atoms with Gasteiger partial charge in [-0.25, -0.2) is 4.98 Å². The summed E-state index contributed by atoms with van der Waals surface area (Å²) in [5, 5.41) is 3.62. The summed E-state index contributed by atoms with van der Waals surface area (Å²) in [4.78, 5) is 5.18. The van der Waals surface area contributed by atoms with Crippen LogP contribution in [0.15, 0.2) is 176 Å². The Morgan fingerprint density at radius 1 is 0.566 bits per heavy atom. The fourth-order valence-corrected chi connectivity index (χ4v) is 9.70. The number of allylic oxidation sites excluding steroid dienone is 4. The molecule has 3 aliphatic rings. The first-order chi connectivity index (χ1) is 26.3. The molecule has 0 saturated heterocycles. The molecule has 1 atom stereocenters. The second kappa shape index (κ2) is 10.7. The summed E-state index contributed by atoms with van der Waals surface area (Å²) in [6, 6.07) is 57.4. The molecule has 248 valence electrons. The van der Waals surface area contributed by atoms with Gasteiger partial charge >= 0.3 is 0 Å². The number of hydrogen-bond donors (Lipinski definition) is 0. The lowest BCUT2D eigenvalue weighted by Gasteiger charge is -2.39. The van der Waals surface area contributed by atoms with Gasteiger partial charge in [0.2, 0.25) is 0 Å². The molecule has 3 nitrogen and oxygen atoms in total. The van der Waals surface area contributed by atoms with E-state index in [1.165, 1.54) is 71.8 Å². The van der Waals surface area contributed by atoms with Crippen molar-refractivity contribution < 1.29 is 4.74 Å². The van der Waals surface area contributed by atoms with Crippen molar-refractivity contribution in [1.82, 2.24) is 9.38 Å². The van der Waals surface area contributed by atoms with Crippen LogP contribution in [0.5, 0.6) is 11.5 Å². The highest BCUT2D eigenvalue weighted by atomic mass is 16.5. The van der Waals surface area contributed by atoms with Gasteiger partial charge in [0.15, 0.2) is 0 Å². The summed E-state index contributed by atoms with van der Waals surface area (Å²) < 4.78 is 9.04. The third-order valence-electron chi connectivity index (χ3n) is 12.0. The lowest BCUT2D eigenvalue weighted by molar-refractivity contribution is 0.436. The summed E-state index contributed by atoms with van der Waals surface area (Å²) in [6.45, 7) is 0. The molecule has 0 bridgehead atoms. The van der Waals surface area contributed by atoms with Crippen LogP contribution < -0.4 is 4.74 Å². The maximum Gasteiger partial charge on any atom is 0.146 e. The van der Waals surface area contributed by atoms with E-state index in [1.54, 1.807) is 0 Å². The van der Waals surface area contributed by atoms with Gasteiger partial charge in [0.05, 0.1) is 22.0 Å². The van der Waals surface area contributed by atoms with Crippen molar-refractivity contribution >= 4 is 43.9 Å². The molecule has 12 rings (SSSR count). The average molecular weight is 677 g/mol. The van der Waals surface area contributed by atoms with Gasteiger partial charge in [-0.2, -0.15) is 0 Å². The maximum atomic E-state index is 6.72. The van der Waals surface area contributed by atoms with Crippen LogP contribution in [0.1, 0.15) is 45.7 Å². The Labute approximate surface area is 306 Å². The average Bonchev–Trinajstić information content (AvgIpc) is 3.76. The van der Waals surface area contributed by atoms with Crippen LogP contribution in [-0.4, -0.2) is 9.38 Å². The van der Waals surface area contributed by atoms with Gasteiger partial charge in [0.1, 0.15) is 17.1 Å².